The Kier molecular flexibility index (Phi) is 9.91. The number of halogens is 10. The summed E-state index contributed by atoms with van der Waals surface area (Å²) in [6.45, 7) is 1.62. The Morgan fingerprint density at radius 1 is 0.535 bits per heavy atom. The van der Waals surface area contributed by atoms with Crippen molar-refractivity contribution in [2.75, 3.05) is 6.16 Å². The molecule has 12 heteroatoms. The van der Waals surface area contributed by atoms with Crippen molar-refractivity contribution in [2.24, 2.45) is 0 Å². The summed E-state index contributed by atoms with van der Waals surface area (Å²) in [7, 11) is -2.05. The van der Waals surface area contributed by atoms with Crippen LogP contribution in [0.5, 0.6) is 0 Å². The van der Waals surface area contributed by atoms with Gasteiger partial charge in [0.2, 0.25) is 0 Å². The van der Waals surface area contributed by atoms with Crippen LogP contribution in [0.2, 0.25) is 6.32 Å². The van der Waals surface area contributed by atoms with Gasteiger partial charge < -0.3 is 5.82 Å². The number of benzene rings is 4. The maximum absolute atomic E-state index is 15.5. The minimum absolute atomic E-state index is 0.0799. The molecule has 0 heterocycles. The molecule has 0 nitrogen and oxygen atoms in total. The predicted octanol–water partition coefficient (Wildman–Crippen LogP) is 6.85. The highest BCUT2D eigenvalue weighted by atomic mass is 31.1. The first-order valence-corrected chi connectivity index (χ1v) is 14.9. The van der Waals surface area contributed by atoms with Gasteiger partial charge in [0.25, 0.3) is 0 Å². The Labute approximate surface area is 242 Å². The summed E-state index contributed by atoms with van der Waals surface area (Å²) >= 11 is 0. The molecule has 4 rings (SSSR count). The fraction of sp³-hybridized carbons (Fsp3) is 0.161. The van der Waals surface area contributed by atoms with Gasteiger partial charge in [-0.2, -0.15) is 0 Å². The van der Waals surface area contributed by atoms with E-state index in [9.17, 15) is 26.3 Å². The number of hydrogen-bond donors (Lipinski definition) is 0. The Balaban J connectivity index is 2.12. The highest BCUT2D eigenvalue weighted by Gasteiger charge is 2.43. The van der Waals surface area contributed by atoms with Crippen LogP contribution in [0.4, 0.5) is 43.9 Å². The maximum atomic E-state index is 15.5. The van der Waals surface area contributed by atoms with Gasteiger partial charge in [0.15, 0.2) is 34.9 Å². The predicted molar refractivity (Wildman–Crippen MR) is 150 cm³/mol. The third-order valence-electron chi connectivity index (χ3n) is 7.27. The first-order valence-electron chi connectivity index (χ1n) is 13.1. The molecule has 0 aliphatic heterocycles. The molecule has 0 atom stereocenters. The molecule has 0 aliphatic carbocycles. The molecule has 0 bridgehead atoms. The number of hydrogen-bond acceptors (Lipinski definition) is 0. The fourth-order valence-corrected chi connectivity index (χ4v) is 8.05. The van der Waals surface area contributed by atoms with Crippen molar-refractivity contribution in [3.05, 3.63) is 119 Å². The van der Waals surface area contributed by atoms with Crippen molar-refractivity contribution in [1.82, 2.24) is 0 Å². The third-order valence-corrected chi connectivity index (χ3v) is 10.1. The Morgan fingerprint density at radius 3 is 1.23 bits per heavy atom. The van der Waals surface area contributed by atoms with Gasteiger partial charge in [0, 0.05) is 12.6 Å². The average Bonchev–Trinajstić information content (AvgIpc) is 3.02. The van der Waals surface area contributed by atoms with Gasteiger partial charge in [-0.15, -0.1) is 23.2 Å². The molecule has 43 heavy (non-hydrogen) atoms. The highest BCUT2D eigenvalue weighted by molar-refractivity contribution is 7.73. The van der Waals surface area contributed by atoms with Crippen LogP contribution in [-0.4, -0.2) is 12.3 Å². The zero-order chi connectivity index (χ0) is 31.5. The molecular weight excluding hydrogens is 604 g/mol. The quantitative estimate of drug-likeness (QED) is 0.0502. The van der Waals surface area contributed by atoms with Gasteiger partial charge in [0.05, 0.1) is 18.5 Å². The standard InChI is InChI=1S/C31H21BF10P/c1-2-3-10-15-32(20-22(33)26(37)30(41)27(38)23(20)34,21-24(35)28(39)31(42)29(40)25(21)36)16-17-43(18-11-6-4-7-12-18)19-13-8-5-9-14-19/h4-9,11-14H,2-3,16-17H2,1H3/q-1/p+1. The van der Waals surface area contributed by atoms with E-state index >= 15 is 17.6 Å². The van der Waals surface area contributed by atoms with Crippen molar-refractivity contribution in [1.29, 1.82) is 0 Å². The lowest BCUT2D eigenvalue weighted by Crippen LogP contribution is -2.64. The molecular formula is C31H22BF10P. The van der Waals surface area contributed by atoms with E-state index in [0.29, 0.717) is 10.6 Å². The minimum atomic E-state index is -4.18. The summed E-state index contributed by atoms with van der Waals surface area (Å²) in [5, 5.41) is 1.39. The van der Waals surface area contributed by atoms with E-state index in [1.54, 1.807) is 67.6 Å². The van der Waals surface area contributed by atoms with E-state index in [4.69, 9.17) is 0 Å². The van der Waals surface area contributed by atoms with Gasteiger partial charge >= 0.3 is 0 Å². The summed E-state index contributed by atoms with van der Waals surface area (Å²) in [5.74, 6) is -20.1. The first-order chi connectivity index (χ1) is 20.5. The summed E-state index contributed by atoms with van der Waals surface area (Å²) in [4.78, 5) is 0. The number of unbranched alkanes of at least 4 members (excludes halogenated alkanes) is 1. The van der Waals surface area contributed by atoms with E-state index < -0.39 is 89.5 Å². The molecule has 224 valence electrons. The van der Waals surface area contributed by atoms with Crippen LogP contribution >= 0.6 is 7.92 Å². The molecule has 4 aromatic rings. The van der Waals surface area contributed by atoms with Gasteiger partial charge in [0.1, 0.15) is 29.4 Å². The Bertz CT molecular complexity index is 1530. The topological polar surface area (TPSA) is 0 Å². The molecule has 0 amide bonds. The van der Waals surface area contributed by atoms with Crippen LogP contribution < -0.4 is 21.5 Å². The van der Waals surface area contributed by atoms with Gasteiger partial charge in [-0.1, -0.05) is 43.3 Å². The first kappa shape index (κ1) is 32.2. The average molecular weight is 626 g/mol. The second-order valence-electron chi connectivity index (χ2n) is 9.83. The van der Waals surface area contributed by atoms with Crippen molar-refractivity contribution in [2.45, 2.75) is 26.1 Å². The number of rotatable bonds is 8. The lowest BCUT2D eigenvalue weighted by molar-refractivity contribution is 0.381. The summed E-state index contributed by atoms with van der Waals surface area (Å²) < 4.78 is 149. The molecule has 0 saturated carbocycles. The monoisotopic (exact) mass is 626 g/mol. The summed E-state index contributed by atoms with van der Waals surface area (Å²) in [5.41, 5.74) is -3.49. The Hall–Kier alpha value is -3.77. The Morgan fingerprint density at radius 2 is 0.884 bits per heavy atom. The van der Waals surface area contributed by atoms with Crippen LogP contribution in [-0.2, 0) is 0 Å². The van der Waals surface area contributed by atoms with E-state index in [1.165, 1.54) is 0 Å². The van der Waals surface area contributed by atoms with Crippen LogP contribution in [0.25, 0.3) is 0 Å². The van der Waals surface area contributed by atoms with Crippen molar-refractivity contribution >= 4 is 35.6 Å². The highest BCUT2D eigenvalue weighted by Crippen LogP contribution is 2.37. The minimum Gasteiger partial charge on any atom is -0.302 e. The molecule has 0 N–H and O–H groups in total. The fourth-order valence-electron chi connectivity index (χ4n) is 5.22. The third kappa shape index (κ3) is 5.90. The molecule has 0 spiro atoms. The van der Waals surface area contributed by atoms with Crippen LogP contribution in [0.3, 0.4) is 0 Å². The van der Waals surface area contributed by atoms with Crippen molar-refractivity contribution < 1.29 is 43.9 Å². The van der Waals surface area contributed by atoms with E-state index in [2.05, 4.69) is 11.7 Å². The van der Waals surface area contributed by atoms with Gasteiger partial charge in [-0.25, -0.2) is 43.9 Å². The van der Waals surface area contributed by atoms with Crippen LogP contribution in [0.15, 0.2) is 60.7 Å². The zero-order valence-electron chi connectivity index (χ0n) is 22.5. The molecule has 0 saturated heterocycles. The van der Waals surface area contributed by atoms with Crippen LogP contribution in [0, 0.1) is 69.9 Å². The molecule has 0 aromatic heterocycles. The lowest BCUT2D eigenvalue weighted by Gasteiger charge is -2.38. The zero-order valence-corrected chi connectivity index (χ0v) is 23.5. The van der Waals surface area contributed by atoms with Gasteiger partial charge in [-0.05, 0) is 30.7 Å². The maximum Gasteiger partial charge on any atom is 0.200 e. The second-order valence-corrected chi connectivity index (χ2v) is 12.4. The van der Waals surface area contributed by atoms with E-state index in [1.807, 2.05) is 0 Å². The normalized spacial score (nSPS) is 11.5. The lowest BCUT2D eigenvalue weighted by atomic mass is 9.17. The molecule has 0 aliphatic rings. The largest absolute Gasteiger partial charge is 0.302 e. The molecule has 0 fully saturated rings. The van der Waals surface area contributed by atoms with Crippen LogP contribution in [0.1, 0.15) is 19.8 Å². The second kappa shape index (κ2) is 13.3. The van der Waals surface area contributed by atoms with E-state index in [-0.39, 0.29) is 19.0 Å². The van der Waals surface area contributed by atoms with E-state index in [0.717, 1.165) is 0 Å². The molecule has 4 aromatic carbocycles. The molecule has 0 unspecified atom stereocenters. The smallest absolute Gasteiger partial charge is 0.200 e. The summed E-state index contributed by atoms with van der Waals surface area (Å²) in [6, 6.07) is 17.1. The van der Waals surface area contributed by atoms with Gasteiger partial charge in [-0.3, -0.25) is 0 Å². The SMILES string of the molecule is CCCC#C[B-](CC[PH+](c1ccccc1)c1ccccc1)(c1c(F)c(F)c(F)c(F)c1F)c1c(F)c(F)c(F)c(F)c1F. The van der Waals surface area contributed by atoms with Crippen molar-refractivity contribution in [3.8, 4) is 11.7 Å². The van der Waals surface area contributed by atoms with Crippen molar-refractivity contribution in [3.63, 3.8) is 0 Å². The summed E-state index contributed by atoms with van der Waals surface area (Å²) in [6.07, 6.45) is -5.00. The molecule has 0 radical (unpaired) electrons.